The van der Waals surface area contributed by atoms with Gasteiger partial charge in [-0.25, -0.2) is 4.79 Å². The summed E-state index contributed by atoms with van der Waals surface area (Å²) in [5.41, 5.74) is 1.06. The molecule has 0 aliphatic carbocycles. The molecule has 4 heteroatoms. The molecular weight excluding hydrogens is 192 g/mol. The third-order valence-corrected chi connectivity index (χ3v) is 2.73. The van der Waals surface area contributed by atoms with Gasteiger partial charge in [0.2, 0.25) is 0 Å². The first kappa shape index (κ1) is 10.2. The summed E-state index contributed by atoms with van der Waals surface area (Å²) >= 11 is 0. The molecule has 0 bridgehead atoms. The standard InChI is InChI=1S/C11H16N2O2/c1-2-3-6-15-11(14)10-5-4-9-7-12-8-13(9)10/h4,7,10H,2-3,5-6,8H2,1H3. The van der Waals surface area contributed by atoms with E-state index in [9.17, 15) is 4.79 Å². The number of unbranched alkanes of at least 4 members (excludes halogenated alkanes) is 1. The summed E-state index contributed by atoms with van der Waals surface area (Å²) in [6.07, 6.45) is 6.61. The Kier molecular flexibility index (Phi) is 3.04. The smallest absolute Gasteiger partial charge is 0.329 e. The number of fused-ring (bicyclic) bond motifs is 1. The van der Waals surface area contributed by atoms with Crippen LogP contribution in [-0.4, -0.2) is 36.4 Å². The number of aliphatic imine (C=N–C) groups is 1. The molecule has 1 atom stereocenters. The number of carbonyl (C=O) groups is 1. The maximum Gasteiger partial charge on any atom is 0.329 e. The first-order valence-corrected chi connectivity index (χ1v) is 5.46. The van der Waals surface area contributed by atoms with Gasteiger partial charge >= 0.3 is 5.97 Å². The van der Waals surface area contributed by atoms with Crippen LogP contribution in [0.25, 0.3) is 0 Å². The fourth-order valence-corrected chi connectivity index (χ4v) is 1.82. The Morgan fingerprint density at radius 2 is 2.60 bits per heavy atom. The Labute approximate surface area is 89.6 Å². The molecule has 2 rings (SSSR count). The van der Waals surface area contributed by atoms with Crippen molar-refractivity contribution in [1.29, 1.82) is 0 Å². The lowest BCUT2D eigenvalue weighted by Crippen LogP contribution is -2.36. The van der Waals surface area contributed by atoms with E-state index in [1.807, 2.05) is 17.2 Å². The molecule has 0 saturated heterocycles. The van der Waals surface area contributed by atoms with Gasteiger partial charge in [-0.15, -0.1) is 0 Å². The van der Waals surface area contributed by atoms with E-state index in [2.05, 4.69) is 11.9 Å². The number of hydrogen-bond acceptors (Lipinski definition) is 4. The molecule has 15 heavy (non-hydrogen) atoms. The maximum absolute atomic E-state index is 11.7. The van der Waals surface area contributed by atoms with Gasteiger partial charge in [0.25, 0.3) is 0 Å². The summed E-state index contributed by atoms with van der Waals surface area (Å²) in [6, 6.07) is -0.139. The quantitative estimate of drug-likeness (QED) is 0.517. The number of hydrogen-bond donors (Lipinski definition) is 0. The Bertz CT molecular complexity index is 310. The van der Waals surface area contributed by atoms with E-state index < -0.39 is 0 Å². The van der Waals surface area contributed by atoms with Crippen molar-refractivity contribution >= 4 is 12.2 Å². The second-order valence-corrected chi connectivity index (χ2v) is 3.82. The normalized spacial score (nSPS) is 22.9. The fourth-order valence-electron chi connectivity index (χ4n) is 1.82. The monoisotopic (exact) mass is 208 g/mol. The van der Waals surface area contributed by atoms with Crippen molar-refractivity contribution in [2.75, 3.05) is 13.3 Å². The minimum absolute atomic E-state index is 0.111. The van der Waals surface area contributed by atoms with Crippen LogP contribution >= 0.6 is 0 Å². The first-order chi connectivity index (χ1) is 7.33. The molecule has 82 valence electrons. The number of rotatable bonds is 4. The molecule has 2 aliphatic heterocycles. The number of nitrogens with zero attached hydrogens (tertiary/aromatic N) is 2. The lowest BCUT2D eigenvalue weighted by atomic mass is 10.2. The molecule has 1 unspecified atom stereocenters. The number of esters is 1. The minimum Gasteiger partial charge on any atom is -0.464 e. The molecule has 0 spiro atoms. The van der Waals surface area contributed by atoms with Crippen molar-refractivity contribution in [3.05, 3.63) is 11.8 Å². The maximum atomic E-state index is 11.7. The van der Waals surface area contributed by atoms with E-state index in [-0.39, 0.29) is 12.0 Å². The van der Waals surface area contributed by atoms with Crippen molar-refractivity contribution < 1.29 is 9.53 Å². The van der Waals surface area contributed by atoms with E-state index >= 15 is 0 Å². The van der Waals surface area contributed by atoms with Crippen LogP contribution in [0.1, 0.15) is 26.2 Å². The van der Waals surface area contributed by atoms with Gasteiger partial charge in [0.15, 0.2) is 0 Å². The molecule has 2 aliphatic rings. The van der Waals surface area contributed by atoms with Crippen molar-refractivity contribution in [2.24, 2.45) is 4.99 Å². The first-order valence-electron chi connectivity index (χ1n) is 5.46. The summed E-state index contributed by atoms with van der Waals surface area (Å²) in [5.74, 6) is -0.111. The topological polar surface area (TPSA) is 41.9 Å². The lowest BCUT2D eigenvalue weighted by molar-refractivity contribution is -0.148. The van der Waals surface area contributed by atoms with Crippen LogP contribution in [0, 0.1) is 0 Å². The highest BCUT2D eigenvalue weighted by Gasteiger charge is 2.33. The Morgan fingerprint density at radius 1 is 1.73 bits per heavy atom. The summed E-state index contributed by atoms with van der Waals surface area (Å²) < 4.78 is 5.21. The molecule has 4 nitrogen and oxygen atoms in total. The van der Waals surface area contributed by atoms with Crippen molar-refractivity contribution in [3.8, 4) is 0 Å². The van der Waals surface area contributed by atoms with Crippen molar-refractivity contribution in [1.82, 2.24) is 4.90 Å². The van der Waals surface area contributed by atoms with Gasteiger partial charge in [0.05, 0.1) is 12.3 Å². The van der Waals surface area contributed by atoms with Gasteiger partial charge in [-0.3, -0.25) is 4.99 Å². The number of allylic oxidation sites excluding steroid dienone is 1. The highest BCUT2D eigenvalue weighted by Crippen LogP contribution is 2.24. The average Bonchev–Trinajstić information content (AvgIpc) is 2.78. The van der Waals surface area contributed by atoms with Gasteiger partial charge < -0.3 is 9.64 Å². The van der Waals surface area contributed by atoms with Gasteiger partial charge in [-0.1, -0.05) is 19.4 Å². The summed E-state index contributed by atoms with van der Waals surface area (Å²) in [5, 5.41) is 0. The third kappa shape index (κ3) is 2.03. The highest BCUT2D eigenvalue weighted by atomic mass is 16.5. The molecule has 0 amide bonds. The zero-order chi connectivity index (χ0) is 10.7. The fraction of sp³-hybridized carbons (Fsp3) is 0.636. The van der Waals surface area contributed by atoms with Gasteiger partial charge in [-0.2, -0.15) is 0 Å². The SMILES string of the molecule is CCCCOC(=O)C1CC=C2C=NCN21. The third-order valence-electron chi connectivity index (χ3n) is 2.73. The van der Waals surface area contributed by atoms with Crippen LogP contribution in [-0.2, 0) is 9.53 Å². The Morgan fingerprint density at radius 3 is 3.40 bits per heavy atom. The van der Waals surface area contributed by atoms with Crippen LogP contribution in [0.3, 0.4) is 0 Å². The van der Waals surface area contributed by atoms with Gasteiger partial charge in [0.1, 0.15) is 12.7 Å². The summed E-state index contributed by atoms with van der Waals surface area (Å²) in [6.45, 7) is 3.21. The predicted molar refractivity (Wildman–Crippen MR) is 57.6 cm³/mol. The van der Waals surface area contributed by atoms with E-state index in [0.29, 0.717) is 13.3 Å². The number of ether oxygens (including phenoxy) is 1. The summed E-state index contributed by atoms with van der Waals surface area (Å²) in [7, 11) is 0. The number of carbonyl (C=O) groups excluding carboxylic acids is 1. The molecule has 0 fully saturated rings. The zero-order valence-electron chi connectivity index (χ0n) is 8.98. The molecule has 0 aromatic rings. The molecule has 0 aromatic heterocycles. The van der Waals surface area contributed by atoms with Crippen LogP contribution in [0.2, 0.25) is 0 Å². The average molecular weight is 208 g/mol. The van der Waals surface area contributed by atoms with E-state index in [1.54, 1.807) is 0 Å². The second-order valence-electron chi connectivity index (χ2n) is 3.82. The van der Waals surface area contributed by atoms with E-state index in [4.69, 9.17) is 4.74 Å². The highest BCUT2D eigenvalue weighted by molar-refractivity contribution is 5.85. The van der Waals surface area contributed by atoms with Crippen molar-refractivity contribution in [2.45, 2.75) is 32.2 Å². The second kappa shape index (κ2) is 4.47. The van der Waals surface area contributed by atoms with Crippen molar-refractivity contribution in [3.63, 3.8) is 0 Å². The van der Waals surface area contributed by atoms with Crippen LogP contribution in [0.5, 0.6) is 0 Å². The van der Waals surface area contributed by atoms with Crippen LogP contribution in [0.15, 0.2) is 16.8 Å². The lowest BCUT2D eigenvalue weighted by Gasteiger charge is -2.21. The van der Waals surface area contributed by atoms with E-state index in [0.717, 1.165) is 25.0 Å². The zero-order valence-corrected chi connectivity index (χ0v) is 8.98. The van der Waals surface area contributed by atoms with Gasteiger partial charge in [-0.05, 0) is 12.8 Å². The van der Waals surface area contributed by atoms with Crippen LogP contribution < -0.4 is 0 Å². The molecule has 0 N–H and O–H groups in total. The minimum atomic E-state index is -0.139. The molecular formula is C11H16N2O2. The van der Waals surface area contributed by atoms with E-state index in [1.165, 1.54) is 0 Å². The summed E-state index contributed by atoms with van der Waals surface area (Å²) in [4.78, 5) is 17.8. The molecule has 0 saturated carbocycles. The molecule has 2 heterocycles. The predicted octanol–water partition coefficient (Wildman–Crippen LogP) is 1.33. The Hall–Kier alpha value is -1.32. The molecule has 0 aromatic carbocycles. The van der Waals surface area contributed by atoms with Crippen LogP contribution in [0.4, 0.5) is 0 Å². The largest absolute Gasteiger partial charge is 0.464 e. The molecule has 0 radical (unpaired) electrons. The Balaban J connectivity index is 1.83. The van der Waals surface area contributed by atoms with Gasteiger partial charge in [0, 0.05) is 6.21 Å².